The van der Waals surface area contributed by atoms with Gasteiger partial charge in [-0.2, -0.15) is 4.31 Å². The summed E-state index contributed by atoms with van der Waals surface area (Å²) >= 11 is 0. The Labute approximate surface area is 146 Å². The van der Waals surface area contributed by atoms with E-state index in [9.17, 15) is 13.2 Å². The number of rotatable bonds is 4. The van der Waals surface area contributed by atoms with Gasteiger partial charge in [-0.1, -0.05) is 12.1 Å². The highest BCUT2D eigenvalue weighted by molar-refractivity contribution is 7.88. The molecule has 1 aliphatic heterocycles. The zero-order valence-electron chi connectivity index (χ0n) is 14.0. The van der Waals surface area contributed by atoms with Crippen LogP contribution in [0.4, 0.5) is 0 Å². The second kappa shape index (κ2) is 6.53. The van der Waals surface area contributed by atoms with E-state index in [-0.39, 0.29) is 11.6 Å². The van der Waals surface area contributed by atoms with Gasteiger partial charge in [0.05, 0.1) is 23.6 Å². The molecule has 25 heavy (non-hydrogen) atoms. The molecular formula is C17H19N3O4S. The quantitative estimate of drug-likeness (QED) is 0.896. The van der Waals surface area contributed by atoms with E-state index in [0.29, 0.717) is 35.7 Å². The van der Waals surface area contributed by atoms with E-state index in [0.717, 1.165) is 6.42 Å². The van der Waals surface area contributed by atoms with Crippen molar-refractivity contribution in [1.82, 2.24) is 14.3 Å². The van der Waals surface area contributed by atoms with Crippen LogP contribution in [-0.4, -0.2) is 46.6 Å². The number of hydrogen-bond donors (Lipinski definition) is 1. The molecule has 1 aliphatic rings. The van der Waals surface area contributed by atoms with Gasteiger partial charge in [0, 0.05) is 17.8 Å². The summed E-state index contributed by atoms with van der Waals surface area (Å²) in [5.41, 5.74) is 2.14. The largest absolute Gasteiger partial charge is 0.478 e. The summed E-state index contributed by atoms with van der Waals surface area (Å²) in [7, 11) is -3.33. The van der Waals surface area contributed by atoms with Crippen LogP contribution in [0.1, 0.15) is 40.8 Å². The van der Waals surface area contributed by atoms with Gasteiger partial charge in [0.1, 0.15) is 5.82 Å². The van der Waals surface area contributed by atoms with E-state index in [4.69, 9.17) is 5.11 Å². The summed E-state index contributed by atoms with van der Waals surface area (Å²) < 4.78 is 25.4. The Morgan fingerprint density at radius 3 is 2.72 bits per heavy atom. The Balaban J connectivity index is 2.04. The third-order valence-corrected chi connectivity index (χ3v) is 5.49. The van der Waals surface area contributed by atoms with Crippen molar-refractivity contribution >= 4 is 16.0 Å². The van der Waals surface area contributed by atoms with Crippen LogP contribution in [0.15, 0.2) is 30.3 Å². The molecule has 0 amide bonds. The van der Waals surface area contributed by atoms with E-state index < -0.39 is 16.0 Å². The summed E-state index contributed by atoms with van der Waals surface area (Å²) in [5, 5.41) is 9.16. The zero-order chi connectivity index (χ0) is 18.2. The van der Waals surface area contributed by atoms with E-state index in [1.807, 2.05) is 6.92 Å². The first-order valence-electron chi connectivity index (χ1n) is 7.92. The van der Waals surface area contributed by atoms with Crippen LogP contribution in [0.3, 0.4) is 0 Å². The number of aromatic carboxylic acids is 1. The van der Waals surface area contributed by atoms with E-state index in [1.165, 1.54) is 16.6 Å². The number of carboxylic acid groups (broad SMARTS) is 1. The number of carboxylic acids is 1. The number of aromatic nitrogens is 2. The summed E-state index contributed by atoms with van der Waals surface area (Å²) in [6.07, 6.45) is 2.63. The van der Waals surface area contributed by atoms with Crippen LogP contribution in [0.5, 0.6) is 0 Å². The molecule has 0 spiro atoms. The zero-order valence-corrected chi connectivity index (χ0v) is 14.8. The number of hydrogen-bond acceptors (Lipinski definition) is 5. The molecule has 1 aromatic carbocycles. The molecule has 8 heteroatoms. The van der Waals surface area contributed by atoms with Crippen LogP contribution < -0.4 is 0 Å². The maximum Gasteiger partial charge on any atom is 0.335 e. The molecule has 7 nitrogen and oxygen atoms in total. The van der Waals surface area contributed by atoms with Gasteiger partial charge in [0.25, 0.3) is 0 Å². The average Bonchev–Trinajstić information content (AvgIpc) is 3.04. The van der Waals surface area contributed by atoms with Gasteiger partial charge in [0.2, 0.25) is 10.0 Å². The Morgan fingerprint density at radius 1 is 1.28 bits per heavy atom. The highest BCUT2D eigenvalue weighted by atomic mass is 32.2. The van der Waals surface area contributed by atoms with Gasteiger partial charge in [0.15, 0.2) is 0 Å². The first kappa shape index (κ1) is 17.5. The normalized spacial score (nSPS) is 18.4. The molecular weight excluding hydrogens is 342 g/mol. The Bertz CT molecular complexity index is 927. The molecule has 1 N–H and O–H groups in total. The van der Waals surface area contributed by atoms with Gasteiger partial charge in [-0.25, -0.2) is 23.2 Å². The fourth-order valence-corrected chi connectivity index (χ4v) is 4.22. The number of sulfonamides is 1. The number of aryl methyl sites for hydroxylation is 1. The minimum Gasteiger partial charge on any atom is -0.478 e. The minimum absolute atomic E-state index is 0.175. The van der Waals surface area contributed by atoms with Crippen molar-refractivity contribution in [3.05, 3.63) is 47.4 Å². The first-order valence-corrected chi connectivity index (χ1v) is 9.76. The fourth-order valence-electron chi connectivity index (χ4n) is 3.10. The fraction of sp³-hybridized carbons (Fsp3) is 0.353. The second-order valence-corrected chi connectivity index (χ2v) is 8.11. The average molecular weight is 361 g/mol. The standard InChI is InChI=1S/C17H19N3O4S/c1-11-9-14(12-5-3-6-13(10-12)17(21)22)19-16(18-11)15-7-4-8-20(15)25(2,23)24/h3,5-6,9-10,15H,4,7-8H2,1-2H3,(H,21,22)/t15-/m0/s1. The highest BCUT2D eigenvalue weighted by Crippen LogP contribution is 2.33. The third kappa shape index (κ3) is 3.69. The van der Waals surface area contributed by atoms with Crippen molar-refractivity contribution in [1.29, 1.82) is 0 Å². The number of nitrogens with zero attached hydrogens (tertiary/aromatic N) is 3. The molecule has 2 aromatic rings. The second-order valence-electron chi connectivity index (χ2n) is 6.17. The molecule has 1 fully saturated rings. The molecule has 2 heterocycles. The summed E-state index contributed by atoms with van der Waals surface area (Å²) in [6, 6.07) is 7.90. The van der Waals surface area contributed by atoms with Gasteiger partial charge in [-0.3, -0.25) is 0 Å². The number of benzene rings is 1. The van der Waals surface area contributed by atoms with Crippen molar-refractivity contribution < 1.29 is 18.3 Å². The van der Waals surface area contributed by atoms with Gasteiger partial charge >= 0.3 is 5.97 Å². The van der Waals surface area contributed by atoms with Gasteiger partial charge < -0.3 is 5.11 Å². The molecule has 0 unspecified atom stereocenters. The maximum absolute atomic E-state index is 12.0. The summed E-state index contributed by atoms with van der Waals surface area (Å²) in [4.78, 5) is 20.1. The third-order valence-electron chi connectivity index (χ3n) is 4.20. The van der Waals surface area contributed by atoms with Gasteiger partial charge in [-0.05, 0) is 38.0 Å². The molecule has 0 radical (unpaired) electrons. The lowest BCUT2D eigenvalue weighted by molar-refractivity contribution is 0.0697. The van der Waals surface area contributed by atoms with Crippen LogP contribution in [0, 0.1) is 6.92 Å². The maximum atomic E-state index is 12.0. The van der Waals surface area contributed by atoms with Crippen LogP contribution >= 0.6 is 0 Å². The smallest absolute Gasteiger partial charge is 0.335 e. The van der Waals surface area contributed by atoms with Crippen molar-refractivity contribution in [2.75, 3.05) is 12.8 Å². The Morgan fingerprint density at radius 2 is 2.04 bits per heavy atom. The SMILES string of the molecule is Cc1cc(-c2cccc(C(=O)O)c2)nc([C@@H]2CCCN2S(C)(=O)=O)n1. The van der Waals surface area contributed by atoms with E-state index >= 15 is 0 Å². The van der Waals surface area contributed by atoms with Gasteiger partial charge in [-0.15, -0.1) is 0 Å². The molecule has 1 aromatic heterocycles. The minimum atomic E-state index is -3.33. The van der Waals surface area contributed by atoms with Crippen molar-refractivity contribution in [3.63, 3.8) is 0 Å². The Kier molecular flexibility index (Phi) is 4.57. The lowest BCUT2D eigenvalue weighted by atomic mass is 10.1. The predicted molar refractivity (Wildman–Crippen MR) is 92.7 cm³/mol. The molecule has 0 aliphatic carbocycles. The van der Waals surface area contributed by atoms with E-state index in [2.05, 4.69) is 9.97 Å². The molecule has 0 saturated carbocycles. The molecule has 0 bridgehead atoms. The number of carbonyl (C=O) groups is 1. The lowest BCUT2D eigenvalue weighted by Gasteiger charge is -2.21. The van der Waals surface area contributed by atoms with Crippen LogP contribution in [0.25, 0.3) is 11.3 Å². The summed E-state index contributed by atoms with van der Waals surface area (Å²) in [5.74, 6) is -0.550. The monoisotopic (exact) mass is 361 g/mol. The summed E-state index contributed by atoms with van der Waals surface area (Å²) in [6.45, 7) is 2.28. The molecule has 1 atom stereocenters. The van der Waals surface area contributed by atoms with Crippen LogP contribution in [-0.2, 0) is 10.0 Å². The van der Waals surface area contributed by atoms with E-state index in [1.54, 1.807) is 24.3 Å². The topological polar surface area (TPSA) is 100 Å². The lowest BCUT2D eigenvalue weighted by Crippen LogP contribution is -2.30. The molecule has 3 rings (SSSR count). The van der Waals surface area contributed by atoms with Crippen LogP contribution in [0.2, 0.25) is 0 Å². The first-order chi connectivity index (χ1) is 11.8. The van der Waals surface area contributed by atoms with Crippen molar-refractivity contribution in [3.8, 4) is 11.3 Å². The highest BCUT2D eigenvalue weighted by Gasteiger charge is 2.34. The predicted octanol–water partition coefficient (Wildman–Crippen LogP) is 2.25. The molecule has 132 valence electrons. The van der Waals surface area contributed by atoms with Crippen molar-refractivity contribution in [2.24, 2.45) is 0 Å². The molecule has 1 saturated heterocycles. The van der Waals surface area contributed by atoms with Crippen molar-refractivity contribution in [2.45, 2.75) is 25.8 Å². The Hall–Kier alpha value is -2.32.